The summed E-state index contributed by atoms with van der Waals surface area (Å²) in [4.78, 5) is 11.2. The SMILES string of the molecule is CCC(=O)c1ccc(NC)c(O)c1. The van der Waals surface area contributed by atoms with Gasteiger partial charge < -0.3 is 10.4 Å². The lowest BCUT2D eigenvalue weighted by molar-refractivity contribution is 0.0988. The molecule has 0 bridgehead atoms. The van der Waals surface area contributed by atoms with E-state index < -0.39 is 0 Å². The van der Waals surface area contributed by atoms with Crippen LogP contribution in [0.15, 0.2) is 18.2 Å². The summed E-state index contributed by atoms with van der Waals surface area (Å²) in [5.74, 6) is 0.153. The summed E-state index contributed by atoms with van der Waals surface area (Å²) in [6, 6.07) is 4.88. The Kier molecular flexibility index (Phi) is 2.90. The van der Waals surface area contributed by atoms with Crippen molar-refractivity contribution < 1.29 is 9.90 Å². The van der Waals surface area contributed by atoms with E-state index >= 15 is 0 Å². The zero-order valence-electron chi connectivity index (χ0n) is 7.79. The minimum atomic E-state index is 0.0398. The van der Waals surface area contributed by atoms with Crippen LogP contribution in [0.1, 0.15) is 23.7 Å². The quantitative estimate of drug-likeness (QED) is 0.551. The first-order valence-corrected chi connectivity index (χ1v) is 4.23. The van der Waals surface area contributed by atoms with Gasteiger partial charge >= 0.3 is 0 Å². The Morgan fingerprint density at radius 2 is 2.23 bits per heavy atom. The van der Waals surface area contributed by atoms with Gasteiger partial charge in [-0.3, -0.25) is 4.79 Å². The first-order valence-electron chi connectivity index (χ1n) is 4.23. The van der Waals surface area contributed by atoms with Gasteiger partial charge in [0, 0.05) is 19.0 Å². The summed E-state index contributed by atoms with van der Waals surface area (Å²) < 4.78 is 0. The molecular formula is C10H13NO2. The van der Waals surface area contributed by atoms with Crippen LogP contribution in [0.2, 0.25) is 0 Å². The molecule has 0 aromatic heterocycles. The highest BCUT2D eigenvalue weighted by molar-refractivity contribution is 5.96. The Hall–Kier alpha value is -1.51. The van der Waals surface area contributed by atoms with Gasteiger partial charge in [-0.05, 0) is 18.2 Å². The van der Waals surface area contributed by atoms with Gasteiger partial charge in [-0.15, -0.1) is 0 Å². The first-order chi connectivity index (χ1) is 6.19. The highest BCUT2D eigenvalue weighted by atomic mass is 16.3. The van der Waals surface area contributed by atoms with E-state index in [-0.39, 0.29) is 11.5 Å². The van der Waals surface area contributed by atoms with Crippen LogP contribution in [-0.2, 0) is 0 Å². The van der Waals surface area contributed by atoms with Crippen molar-refractivity contribution in [2.75, 3.05) is 12.4 Å². The van der Waals surface area contributed by atoms with Crippen molar-refractivity contribution >= 4 is 11.5 Å². The van der Waals surface area contributed by atoms with E-state index in [0.29, 0.717) is 17.7 Å². The molecule has 0 unspecified atom stereocenters. The average Bonchev–Trinajstić information content (AvgIpc) is 2.16. The Labute approximate surface area is 77.4 Å². The molecule has 3 heteroatoms. The Balaban J connectivity index is 3.02. The van der Waals surface area contributed by atoms with Gasteiger partial charge in [0.05, 0.1) is 5.69 Å². The molecule has 13 heavy (non-hydrogen) atoms. The molecule has 0 aliphatic carbocycles. The summed E-state index contributed by atoms with van der Waals surface area (Å²) >= 11 is 0. The van der Waals surface area contributed by atoms with E-state index in [1.165, 1.54) is 6.07 Å². The number of phenols is 1. The standard InChI is InChI=1S/C10H13NO2/c1-3-9(12)7-4-5-8(11-2)10(13)6-7/h4-6,11,13H,3H2,1-2H3. The van der Waals surface area contributed by atoms with Crippen molar-refractivity contribution in [2.24, 2.45) is 0 Å². The van der Waals surface area contributed by atoms with Crippen molar-refractivity contribution in [3.05, 3.63) is 23.8 Å². The maximum atomic E-state index is 11.2. The van der Waals surface area contributed by atoms with E-state index in [2.05, 4.69) is 5.32 Å². The molecule has 0 aliphatic heterocycles. The molecule has 0 radical (unpaired) electrons. The van der Waals surface area contributed by atoms with Crippen LogP contribution in [0.3, 0.4) is 0 Å². The summed E-state index contributed by atoms with van der Waals surface area (Å²) in [5.41, 5.74) is 1.19. The maximum absolute atomic E-state index is 11.2. The number of aromatic hydroxyl groups is 1. The molecule has 0 aliphatic rings. The topological polar surface area (TPSA) is 49.3 Å². The van der Waals surface area contributed by atoms with Crippen LogP contribution in [-0.4, -0.2) is 17.9 Å². The summed E-state index contributed by atoms with van der Waals surface area (Å²) in [7, 11) is 1.72. The number of carbonyl (C=O) groups is 1. The Bertz CT molecular complexity index is 321. The number of anilines is 1. The number of hydrogen-bond acceptors (Lipinski definition) is 3. The minimum absolute atomic E-state index is 0.0398. The number of ketones is 1. The van der Waals surface area contributed by atoms with Crippen molar-refractivity contribution in [2.45, 2.75) is 13.3 Å². The fourth-order valence-electron chi connectivity index (χ4n) is 1.12. The van der Waals surface area contributed by atoms with E-state index in [1.807, 2.05) is 0 Å². The molecule has 0 atom stereocenters. The Morgan fingerprint density at radius 1 is 1.54 bits per heavy atom. The van der Waals surface area contributed by atoms with Crippen LogP contribution in [0, 0.1) is 0 Å². The van der Waals surface area contributed by atoms with Gasteiger partial charge in [0.1, 0.15) is 5.75 Å². The fraction of sp³-hybridized carbons (Fsp3) is 0.300. The third-order valence-corrected chi connectivity index (χ3v) is 1.91. The van der Waals surface area contributed by atoms with Gasteiger partial charge in [-0.2, -0.15) is 0 Å². The number of rotatable bonds is 3. The normalized spacial score (nSPS) is 9.69. The van der Waals surface area contributed by atoms with Crippen LogP contribution in [0.5, 0.6) is 5.75 Å². The first kappa shape index (κ1) is 9.58. The second-order valence-electron chi connectivity index (χ2n) is 2.76. The molecule has 1 aromatic rings. The minimum Gasteiger partial charge on any atom is -0.506 e. The summed E-state index contributed by atoms with van der Waals surface area (Å²) in [6.07, 6.45) is 0.457. The smallest absolute Gasteiger partial charge is 0.162 e. The van der Waals surface area contributed by atoms with Gasteiger partial charge in [0.25, 0.3) is 0 Å². The number of benzene rings is 1. The second kappa shape index (κ2) is 3.94. The van der Waals surface area contributed by atoms with Crippen molar-refractivity contribution in [1.82, 2.24) is 0 Å². The summed E-state index contributed by atoms with van der Waals surface area (Å²) in [6.45, 7) is 1.80. The number of hydrogen-bond donors (Lipinski definition) is 2. The van der Waals surface area contributed by atoms with Crippen molar-refractivity contribution in [1.29, 1.82) is 0 Å². The molecule has 0 saturated carbocycles. The van der Waals surface area contributed by atoms with Crippen LogP contribution < -0.4 is 5.32 Å². The summed E-state index contributed by atoms with van der Waals surface area (Å²) in [5, 5.41) is 12.2. The number of carbonyl (C=O) groups excluding carboxylic acids is 1. The molecule has 0 spiro atoms. The fourth-order valence-corrected chi connectivity index (χ4v) is 1.12. The van der Waals surface area contributed by atoms with Crippen molar-refractivity contribution in [3.8, 4) is 5.75 Å². The highest BCUT2D eigenvalue weighted by Crippen LogP contribution is 2.23. The number of Topliss-reactive ketones (excluding diaryl/α,β-unsaturated/α-hetero) is 1. The molecule has 70 valence electrons. The third-order valence-electron chi connectivity index (χ3n) is 1.91. The largest absolute Gasteiger partial charge is 0.506 e. The molecule has 1 rings (SSSR count). The third kappa shape index (κ3) is 1.99. The predicted molar refractivity (Wildman–Crippen MR) is 52.3 cm³/mol. The molecule has 0 saturated heterocycles. The van der Waals surface area contributed by atoms with Crippen LogP contribution in [0.25, 0.3) is 0 Å². The van der Waals surface area contributed by atoms with Crippen LogP contribution in [0.4, 0.5) is 5.69 Å². The molecule has 1 aromatic carbocycles. The lowest BCUT2D eigenvalue weighted by Gasteiger charge is -2.04. The number of nitrogens with one attached hydrogen (secondary N) is 1. The van der Waals surface area contributed by atoms with Gasteiger partial charge in [-0.25, -0.2) is 0 Å². The molecule has 3 nitrogen and oxygen atoms in total. The van der Waals surface area contributed by atoms with E-state index in [4.69, 9.17) is 0 Å². The zero-order valence-corrected chi connectivity index (χ0v) is 7.79. The number of phenolic OH excluding ortho intramolecular Hbond substituents is 1. The maximum Gasteiger partial charge on any atom is 0.162 e. The second-order valence-corrected chi connectivity index (χ2v) is 2.76. The molecular weight excluding hydrogens is 166 g/mol. The van der Waals surface area contributed by atoms with Crippen molar-refractivity contribution in [3.63, 3.8) is 0 Å². The molecule has 0 fully saturated rings. The Morgan fingerprint density at radius 3 is 2.69 bits per heavy atom. The zero-order chi connectivity index (χ0) is 9.84. The van der Waals surface area contributed by atoms with Gasteiger partial charge in [-0.1, -0.05) is 6.92 Å². The lowest BCUT2D eigenvalue weighted by Crippen LogP contribution is -1.97. The van der Waals surface area contributed by atoms with E-state index in [1.54, 1.807) is 26.1 Å². The molecule has 0 amide bonds. The molecule has 2 N–H and O–H groups in total. The van der Waals surface area contributed by atoms with Gasteiger partial charge in [0.2, 0.25) is 0 Å². The monoisotopic (exact) mass is 179 g/mol. The van der Waals surface area contributed by atoms with E-state index in [9.17, 15) is 9.90 Å². The lowest BCUT2D eigenvalue weighted by atomic mass is 10.1. The predicted octanol–water partition coefficient (Wildman–Crippen LogP) is 2.03. The molecule has 0 heterocycles. The highest BCUT2D eigenvalue weighted by Gasteiger charge is 2.05. The van der Waals surface area contributed by atoms with Crippen LogP contribution >= 0.6 is 0 Å². The van der Waals surface area contributed by atoms with Gasteiger partial charge in [0.15, 0.2) is 5.78 Å². The average molecular weight is 179 g/mol. The van der Waals surface area contributed by atoms with E-state index in [0.717, 1.165) is 0 Å².